The number of ether oxygens (including phenoxy) is 1. The minimum Gasteiger partial charge on any atom is -0.503 e. The van der Waals surface area contributed by atoms with Gasteiger partial charge in [-0.05, 0) is 73.9 Å². The number of aromatic hydroxyl groups is 1. The first-order valence-corrected chi connectivity index (χ1v) is 10.5. The smallest absolute Gasteiger partial charge is 0.270 e. The number of hydrogen-bond donors (Lipinski definition) is 2. The first kappa shape index (κ1) is 22.0. The molecule has 0 aliphatic carbocycles. The Morgan fingerprint density at radius 1 is 1.24 bits per heavy atom. The van der Waals surface area contributed by atoms with Crippen molar-refractivity contribution in [1.29, 1.82) is 0 Å². The van der Waals surface area contributed by atoms with Gasteiger partial charge in [-0.2, -0.15) is 0 Å². The molecule has 0 aromatic heterocycles. The molecule has 0 bridgehead atoms. The van der Waals surface area contributed by atoms with Crippen LogP contribution in [-0.4, -0.2) is 29.1 Å². The fourth-order valence-electron chi connectivity index (χ4n) is 2.57. The molecule has 6 nitrogen and oxygen atoms in total. The lowest BCUT2D eigenvalue weighted by Gasteiger charge is -2.29. The molecule has 2 N–H and O–H groups in total. The minimum atomic E-state index is -0.682. The third-order valence-corrected chi connectivity index (χ3v) is 7.22. The highest BCUT2D eigenvalue weighted by Gasteiger charge is 2.36. The maximum absolute atomic E-state index is 13.1. The molecule has 0 atom stereocenters. The minimum absolute atomic E-state index is 0.121. The number of carbonyl (C=O) groups excluding carboxylic acids is 2. The fraction of sp³-hybridized carbons (Fsp3) is 0.0556. The molecule has 0 spiro atoms. The Bertz CT molecular complexity index is 1110. The second-order valence-electron chi connectivity index (χ2n) is 5.68. The highest BCUT2D eigenvalue weighted by atomic mass is 79.9. The van der Waals surface area contributed by atoms with Gasteiger partial charge in [-0.1, -0.05) is 29.3 Å². The second-order valence-corrected chi connectivity index (χ2v) is 8.43. The zero-order valence-electron chi connectivity index (χ0n) is 14.4. The second kappa shape index (κ2) is 8.61. The lowest BCUT2D eigenvalue weighted by atomic mass is 10.1. The van der Waals surface area contributed by atoms with E-state index in [2.05, 4.69) is 37.2 Å². The number of benzene rings is 2. The van der Waals surface area contributed by atoms with Gasteiger partial charge in [0.1, 0.15) is 5.57 Å². The van der Waals surface area contributed by atoms with Gasteiger partial charge in [0.05, 0.1) is 27.3 Å². The van der Waals surface area contributed by atoms with Crippen LogP contribution in [-0.2, 0) is 9.59 Å². The van der Waals surface area contributed by atoms with E-state index in [9.17, 15) is 14.7 Å². The molecule has 1 saturated heterocycles. The quantitative estimate of drug-likeness (QED) is 0.301. The number of methoxy groups -OCH3 is 1. The van der Waals surface area contributed by atoms with Gasteiger partial charge in [0.15, 0.2) is 16.6 Å². The molecule has 150 valence electrons. The molecular formula is C18H10Br2Cl2N2O4S. The fourth-order valence-corrected chi connectivity index (χ4v) is 4.06. The number of rotatable bonds is 3. The van der Waals surface area contributed by atoms with Gasteiger partial charge < -0.3 is 9.84 Å². The number of anilines is 1. The standard InChI is InChI=1S/C18H10Br2Cl2N2O4S/c1-28-11-6-7(12(19)13(20)15(11)25)5-8-16(26)23-18(29)24(17(8)27)10-4-2-3-9(21)14(10)22/h2-6,25H,1H3,(H,23,26,29)/b8-5+. The molecule has 2 aromatic rings. The molecule has 2 amide bonds. The van der Waals surface area contributed by atoms with Crippen LogP contribution in [0.4, 0.5) is 5.69 Å². The number of thiocarbonyl (C=S) groups is 1. The molecular weight excluding hydrogens is 571 g/mol. The number of phenols is 1. The van der Waals surface area contributed by atoms with Crippen molar-refractivity contribution in [2.75, 3.05) is 12.0 Å². The summed E-state index contributed by atoms with van der Waals surface area (Å²) in [7, 11) is 1.38. The topological polar surface area (TPSA) is 78.9 Å². The van der Waals surface area contributed by atoms with Crippen LogP contribution < -0.4 is 15.0 Å². The summed E-state index contributed by atoms with van der Waals surface area (Å²) in [6, 6.07) is 6.21. The lowest BCUT2D eigenvalue weighted by Crippen LogP contribution is -2.54. The van der Waals surface area contributed by atoms with E-state index in [4.69, 9.17) is 40.2 Å². The third-order valence-electron chi connectivity index (χ3n) is 3.97. The predicted molar refractivity (Wildman–Crippen MR) is 123 cm³/mol. The largest absolute Gasteiger partial charge is 0.503 e. The monoisotopic (exact) mass is 578 g/mol. The molecule has 1 fully saturated rings. The van der Waals surface area contributed by atoms with Crippen molar-refractivity contribution in [1.82, 2.24) is 5.32 Å². The SMILES string of the molecule is COc1cc(/C=C2\C(=O)NC(=S)N(c3cccc(Cl)c3Cl)C2=O)c(Br)c(Br)c1O. The molecule has 0 unspecified atom stereocenters. The van der Waals surface area contributed by atoms with Gasteiger partial charge >= 0.3 is 0 Å². The summed E-state index contributed by atoms with van der Waals surface area (Å²) in [6.45, 7) is 0. The zero-order valence-corrected chi connectivity index (χ0v) is 19.9. The van der Waals surface area contributed by atoms with Gasteiger partial charge in [-0.25, -0.2) is 0 Å². The summed E-state index contributed by atoms with van der Waals surface area (Å²) in [5.41, 5.74) is 0.452. The van der Waals surface area contributed by atoms with E-state index in [0.29, 0.717) is 14.5 Å². The lowest BCUT2D eigenvalue weighted by molar-refractivity contribution is -0.122. The summed E-state index contributed by atoms with van der Waals surface area (Å²) < 4.78 is 5.85. The summed E-state index contributed by atoms with van der Waals surface area (Å²) >= 11 is 24.0. The Morgan fingerprint density at radius 3 is 2.59 bits per heavy atom. The molecule has 0 radical (unpaired) electrons. The van der Waals surface area contributed by atoms with Crippen LogP contribution in [0, 0.1) is 0 Å². The van der Waals surface area contributed by atoms with Crippen molar-refractivity contribution in [2.24, 2.45) is 0 Å². The maximum Gasteiger partial charge on any atom is 0.270 e. The Hall–Kier alpha value is -1.65. The average Bonchev–Trinajstić information content (AvgIpc) is 2.68. The molecule has 2 aromatic carbocycles. The van der Waals surface area contributed by atoms with Crippen LogP contribution in [0.1, 0.15) is 5.56 Å². The van der Waals surface area contributed by atoms with Crippen molar-refractivity contribution >= 4 is 96.0 Å². The van der Waals surface area contributed by atoms with E-state index < -0.39 is 11.8 Å². The van der Waals surface area contributed by atoms with Crippen molar-refractivity contribution in [3.05, 3.63) is 54.4 Å². The van der Waals surface area contributed by atoms with Crippen LogP contribution in [0.5, 0.6) is 11.5 Å². The summed E-state index contributed by atoms with van der Waals surface area (Å²) in [4.78, 5) is 26.7. The third kappa shape index (κ3) is 4.02. The molecule has 3 rings (SSSR count). The summed E-state index contributed by atoms with van der Waals surface area (Å²) in [5.74, 6) is -1.34. The Balaban J connectivity index is 2.14. The van der Waals surface area contributed by atoms with E-state index in [0.717, 1.165) is 4.90 Å². The average molecular weight is 581 g/mol. The van der Waals surface area contributed by atoms with Crippen molar-refractivity contribution in [2.45, 2.75) is 0 Å². The Kier molecular flexibility index (Phi) is 6.54. The number of carbonyl (C=O) groups is 2. The van der Waals surface area contributed by atoms with Crippen LogP contribution in [0.2, 0.25) is 10.0 Å². The van der Waals surface area contributed by atoms with Gasteiger partial charge in [-0.15, -0.1) is 0 Å². The first-order valence-electron chi connectivity index (χ1n) is 7.77. The van der Waals surface area contributed by atoms with Crippen molar-refractivity contribution in [3.8, 4) is 11.5 Å². The highest BCUT2D eigenvalue weighted by molar-refractivity contribution is 9.13. The van der Waals surface area contributed by atoms with Gasteiger partial charge in [0, 0.05) is 4.47 Å². The van der Waals surface area contributed by atoms with E-state index in [1.54, 1.807) is 18.2 Å². The van der Waals surface area contributed by atoms with Crippen LogP contribution in [0.3, 0.4) is 0 Å². The Morgan fingerprint density at radius 2 is 1.93 bits per heavy atom. The molecule has 1 aliphatic heterocycles. The van der Waals surface area contributed by atoms with Crippen LogP contribution >= 0.6 is 67.3 Å². The number of nitrogens with zero attached hydrogens (tertiary/aromatic N) is 1. The molecule has 1 aliphatic rings. The number of amides is 2. The van der Waals surface area contributed by atoms with E-state index >= 15 is 0 Å². The van der Waals surface area contributed by atoms with E-state index in [-0.39, 0.29) is 37.9 Å². The number of nitrogens with one attached hydrogen (secondary N) is 1. The summed E-state index contributed by atoms with van der Waals surface area (Å²) in [6.07, 6.45) is 1.35. The number of phenolic OH excluding ortho intramolecular Hbond substituents is 1. The summed E-state index contributed by atoms with van der Waals surface area (Å²) in [5, 5.41) is 12.8. The molecule has 1 heterocycles. The number of halogens is 4. The number of hydrogen-bond acceptors (Lipinski definition) is 5. The van der Waals surface area contributed by atoms with Crippen molar-refractivity contribution in [3.63, 3.8) is 0 Å². The molecule has 0 saturated carbocycles. The van der Waals surface area contributed by atoms with Gasteiger partial charge in [0.25, 0.3) is 11.8 Å². The first-order chi connectivity index (χ1) is 13.7. The van der Waals surface area contributed by atoms with Gasteiger partial charge in [0.2, 0.25) is 0 Å². The highest BCUT2D eigenvalue weighted by Crippen LogP contribution is 2.42. The van der Waals surface area contributed by atoms with Crippen LogP contribution in [0.15, 0.2) is 38.8 Å². The van der Waals surface area contributed by atoms with E-state index in [1.807, 2.05) is 0 Å². The van der Waals surface area contributed by atoms with Crippen molar-refractivity contribution < 1.29 is 19.4 Å². The zero-order chi connectivity index (χ0) is 21.5. The van der Waals surface area contributed by atoms with Crippen LogP contribution in [0.25, 0.3) is 6.08 Å². The van der Waals surface area contributed by atoms with E-state index in [1.165, 1.54) is 19.3 Å². The Labute approximate surface area is 197 Å². The normalized spacial score (nSPS) is 15.7. The van der Waals surface area contributed by atoms with Gasteiger partial charge in [-0.3, -0.25) is 19.8 Å². The predicted octanol–water partition coefficient (Wildman–Crippen LogP) is 5.06. The molecule has 11 heteroatoms. The maximum atomic E-state index is 13.1. The molecule has 29 heavy (non-hydrogen) atoms.